The average molecular weight is 263 g/mol. The van der Waals surface area contributed by atoms with Crippen molar-refractivity contribution in [1.82, 2.24) is 15.3 Å². The molecule has 0 fully saturated rings. The third-order valence-electron chi connectivity index (χ3n) is 2.44. The van der Waals surface area contributed by atoms with E-state index < -0.39 is 0 Å². The zero-order valence-electron chi connectivity index (χ0n) is 10.6. The molecule has 0 unspecified atom stereocenters. The van der Waals surface area contributed by atoms with Gasteiger partial charge in [0.25, 0.3) is 0 Å². The van der Waals surface area contributed by atoms with Crippen molar-refractivity contribution in [3.05, 3.63) is 47.4 Å². The number of aromatic nitrogens is 2. The van der Waals surface area contributed by atoms with E-state index >= 15 is 0 Å². The van der Waals surface area contributed by atoms with Gasteiger partial charge in [0.2, 0.25) is 0 Å². The van der Waals surface area contributed by atoms with Gasteiger partial charge in [0.1, 0.15) is 17.3 Å². The van der Waals surface area contributed by atoms with E-state index in [0.717, 1.165) is 41.9 Å². The normalized spacial score (nSPS) is 10.8. The van der Waals surface area contributed by atoms with Crippen molar-refractivity contribution in [3.8, 4) is 0 Å². The summed E-state index contributed by atoms with van der Waals surface area (Å²) in [5.41, 5.74) is 0.999. The average Bonchev–Trinajstić information content (AvgIpc) is 2.78. The molecule has 0 saturated heterocycles. The van der Waals surface area contributed by atoms with Gasteiger partial charge in [0.05, 0.1) is 18.0 Å². The smallest absolute Gasteiger partial charge is 0.125 e. The van der Waals surface area contributed by atoms with E-state index in [0.29, 0.717) is 0 Å². The van der Waals surface area contributed by atoms with Crippen LogP contribution in [-0.4, -0.2) is 16.2 Å². The zero-order valence-corrected chi connectivity index (χ0v) is 11.5. The molecule has 0 aliphatic heterocycles. The molecule has 2 aromatic heterocycles. The van der Waals surface area contributed by atoms with Gasteiger partial charge in [0, 0.05) is 12.7 Å². The lowest BCUT2D eigenvalue weighted by atomic mass is 10.3. The van der Waals surface area contributed by atoms with Crippen molar-refractivity contribution >= 4 is 11.8 Å². The lowest BCUT2D eigenvalue weighted by Crippen LogP contribution is -2.13. The third-order valence-corrected chi connectivity index (χ3v) is 3.02. The molecule has 0 saturated carbocycles. The minimum Gasteiger partial charge on any atom is -0.464 e. The second kappa shape index (κ2) is 6.56. The van der Waals surface area contributed by atoms with E-state index in [1.165, 1.54) is 0 Å². The molecule has 2 heterocycles. The van der Waals surface area contributed by atoms with E-state index in [-0.39, 0.29) is 0 Å². The number of rotatable bonds is 6. The summed E-state index contributed by atoms with van der Waals surface area (Å²) in [6.45, 7) is 3.34. The maximum absolute atomic E-state index is 5.67. The molecule has 96 valence electrons. The number of aryl methyl sites for hydroxylation is 1. The standard InChI is InChI=1S/C13H17N3OS/c1-10-15-6-5-11(16-10)7-14-8-12-3-4-13(17-12)9-18-2/h3-6,14H,7-9H2,1-2H3. The summed E-state index contributed by atoms with van der Waals surface area (Å²) in [6.07, 6.45) is 3.85. The molecule has 0 amide bonds. The predicted octanol–water partition coefficient (Wildman–Crippen LogP) is 2.53. The van der Waals surface area contributed by atoms with Gasteiger partial charge in [-0.3, -0.25) is 0 Å². The van der Waals surface area contributed by atoms with Crippen LogP contribution < -0.4 is 5.32 Å². The number of nitrogens with zero attached hydrogens (tertiary/aromatic N) is 2. The molecule has 5 heteroatoms. The Morgan fingerprint density at radius 1 is 1.22 bits per heavy atom. The van der Waals surface area contributed by atoms with Gasteiger partial charge in [-0.05, 0) is 31.4 Å². The number of nitrogens with one attached hydrogen (secondary N) is 1. The SMILES string of the molecule is CSCc1ccc(CNCc2ccnc(C)n2)o1. The van der Waals surface area contributed by atoms with Crippen LogP contribution in [0.25, 0.3) is 0 Å². The van der Waals surface area contributed by atoms with Crippen molar-refractivity contribution in [2.24, 2.45) is 0 Å². The topological polar surface area (TPSA) is 51.0 Å². The number of thioether (sulfide) groups is 1. The van der Waals surface area contributed by atoms with Crippen molar-refractivity contribution in [2.75, 3.05) is 6.26 Å². The summed E-state index contributed by atoms with van der Waals surface area (Å²) in [5, 5.41) is 3.31. The summed E-state index contributed by atoms with van der Waals surface area (Å²) in [6, 6.07) is 5.97. The monoisotopic (exact) mass is 263 g/mol. The van der Waals surface area contributed by atoms with E-state index in [9.17, 15) is 0 Å². The maximum Gasteiger partial charge on any atom is 0.125 e. The molecule has 2 aromatic rings. The Kier molecular flexibility index (Phi) is 4.78. The summed E-state index contributed by atoms with van der Waals surface area (Å²) in [7, 11) is 0. The van der Waals surface area contributed by atoms with Gasteiger partial charge in [-0.15, -0.1) is 0 Å². The van der Waals surface area contributed by atoms with Crippen LogP contribution in [0.2, 0.25) is 0 Å². The van der Waals surface area contributed by atoms with Gasteiger partial charge in [-0.2, -0.15) is 11.8 Å². The van der Waals surface area contributed by atoms with Gasteiger partial charge in [0.15, 0.2) is 0 Å². The van der Waals surface area contributed by atoms with Crippen molar-refractivity contribution in [2.45, 2.75) is 25.8 Å². The molecule has 0 bridgehead atoms. The molecule has 0 spiro atoms. The van der Waals surface area contributed by atoms with Crippen molar-refractivity contribution < 1.29 is 4.42 Å². The fraction of sp³-hybridized carbons (Fsp3) is 0.385. The fourth-order valence-electron chi connectivity index (χ4n) is 1.65. The summed E-state index contributed by atoms with van der Waals surface area (Å²) in [4.78, 5) is 8.40. The highest BCUT2D eigenvalue weighted by Gasteiger charge is 2.01. The van der Waals surface area contributed by atoms with Crippen molar-refractivity contribution in [3.63, 3.8) is 0 Å². The lowest BCUT2D eigenvalue weighted by Gasteiger charge is -2.02. The predicted molar refractivity (Wildman–Crippen MR) is 73.2 cm³/mol. The molecule has 4 nitrogen and oxygen atoms in total. The van der Waals surface area contributed by atoms with Gasteiger partial charge < -0.3 is 9.73 Å². The first kappa shape index (κ1) is 13.1. The van der Waals surface area contributed by atoms with E-state index in [1.807, 2.05) is 25.1 Å². The van der Waals surface area contributed by atoms with Gasteiger partial charge >= 0.3 is 0 Å². The Balaban J connectivity index is 1.81. The van der Waals surface area contributed by atoms with E-state index in [4.69, 9.17) is 4.42 Å². The molecule has 0 atom stereocenters. The Bertz CT molecular complexity index is 498. The zero-order chi connectivity index (χ0) is 12.8. The molecule has 1 N–H and O–H groups in total. The van der Waals surface area contributed by atoms with Crippen LogP contribution in [0.5, 0.6) is 0 Å². The number of furan rings is 1. The third kappa shape index (κ3) is 3.85. The molecule has 0 radical (unpaired) electrons. The molecule has 0 aromatic carbocycles. The molecule has 2 rings (SSSR count). The van der Waals surface area contributed by atoms with Crippen LogP contribution in [0, 0.1) is 6.92 Å². The number of hydrogen-bond acceptors (Lipinski definition) is 5. The highest BCUT2D eigenvalue weighted by molar-refractivity contribution is 7.97. The molecular weight excluding hydrogens is 246 g/mol. The molecular formula is C13H17N3OS. The first-order chi connectivity index (χ1) is 8.78. The van der Waals surface area contributed by atoms with E-state index in [2.05, 4.69) is 21.5 Å². The quantitative estimate of drug-likeness (QED) is 0.868. The van der Waals surface area contributed by atoms with Crippen LogP contribution in [0.1, 0.15) is 23.0 Å². The van der Waals surface area contributed by atoms with Gasteiger partial charge in [-0.1, -0.05) is 0 Å². The second-order valence-electron chi connectivity index (χ2n) is 4.00. The first-order valence-electron chi connectivity index (χ1n) is 5.83. The maximum atomic E-state index is 5.67. The molecule has 18 heavy (non-hydrogen) atoms. The van der Waals surface area contributed by atoms with Crippen LogP contribution in [0.15, 0.2) is 28.8 Å². The Hall–Kier alpha value is -1.33. The summed E-state index contributed by atoms with van der Waals surface area (Å²) >= 11 is 1.76. The van der Waals surface area contributed by atoms with Crippen LogP contribution in [0.4, 0.5) is 0 Å². The number of hydrogen-bond donors (Lipinski definition) is 1. The van der Waals surface area contributed by atoms with Crippen LogP contribution in [0.3, 0.4) is 0 Å². The van der Waals surface area contributed by atoms with Crippen LogP contribution in [-0.2, 0) is 18.8 Å². The van der Waals surface area contributed by atoms with Gasteiger partial charge in [-0.25, -0.2) is 9.97 Å². The van der Waals surface area contributed by atoms with Crippen molar-refractivity contribution in [1.29, 1.82) is 0 Å². The highest BCUT2D eigenvalue weighted by Crippen LogP contribution is 2.13. The highest BCUT2D eigenvalue weighted by atomic mass is 32.2. The Morgan fingerprint density at radius 2 is 2.06 bits per heavy atom. The minimum atomic E-state index is 0.720. The Labute approximate surface area is 111 Å². The van der Waals surface area contributed by atoms with E-state index in [1.54, 1.807) is 18.0 Å². The lowest BCUT2D eigenvalue weighted by molar-refractivity contribution is 0.458. The summed E-state index contributed by atoms with van der Waals surface area (Å²) < 4.78 is 5.67. The molecule has 0 aliphatic rings. The first-order valence-corrected chi connectivity index (χ1v) is 7.23. The Morgan fingerprint density at radius 3 is 2.83 bits per heavy atom. The summed E-state index contributed by atoms with van der Waals surface area (Å²) in [5.74, 6) is 3.71. The largest absolute Gasteiger partial charge is 0.464 e. The minimum absolute atomic E-state index is 0.720. The fourth-order valence-corrected chi connectivity index (χ4v) is 2.09. The second-order valence-corrected chi connectivity index (χ2v) is 4.87. The molecule has 0 aliphatic carbocycles. The van der Waals surface area contributed by atoms with Crippen LogP contribution >= 0.6 is 11.8 Å².